The Morgan fingerprint density at radius 2 is 2.19 bits per heavy atom. The summed E-state index contributed by atoms with van der Waals surface area (Å²) in [4.78, 5) is 4.41. The first kappa shape index (κ1) is 9.93. The fourth-order valence-corrected chi connectivity index (χ4v) is 2.58. The molecule has 5 heteroatoms. The van der Waals surface area contributed by atoms with Gasteiger partial charge in [0.25, 0.3) is 0 Å². The summed E-state index contributed by atoms with van der Waals surface area (Å²) in [6.45, 7) is 0.295. The van der Waals surface area contributed by atoms with Gasteiger partial charge in [0, 0.05) is 10.9 Å². The van der Waals surface area contributed by atoms with Crippen molar-refractivity contribution in [2.24, 2.45) is 0 Å². The Kier molecular flexibility index (Phi) is 2.46. The summed E-state index contributed by atoms with van der Waals surface area (Å²) in [6.07, 6.45) is 0. The van der Waals surface area contributed by atoms with E-state index in [-0.39, 0.29) is 0 Å². The molecule has 0 N–H and O–H groups in total. The predicted octanol–water partition coefficient (Wildman–Crippen LogP) is 3.28. The van der Waals surface area contributed by atoms with Gasteiger partial charge < -0.3 is 9.47 Å². The van der Waals surface area contributed by atoms with Crippen LogP contribution in [0.2, 0.25) is 0 Å². The highest BCUT2D eigenvalue weighted by Gasteiger charge is 2.14. The van der Waals surface area contributed by atoms with E-state index < -0.39 is 0 Å². The second-order valence-corrected chi connectivity index (χ2v) is 4.47. The smallest absolute Gasteiger partial charge is 0.231 e. The van der Waals surface area contributed by atoms with Gasteiger partial charge in [-0.05, 0) is 18.2 Å². The van der Waals surface area contributed by atoms with E-state index in [4.69, 9.17) is 21.1 Å². The lowest BCUT2D eigenvalue weighted by atomic mass is 10.2. The maximum absolute atomic E-state index is 5.72. The monoisotopic (exact) mass is 253 g/mol. The van der Waals surface area contributed by atoms with Crippen LogP contribution in [0, 0.1) is 0 Å². The van der Waals surface area contributed by atoms with Crippen LogP contribution in [0.1, 0.15) is 5.69 Å². The lowest BCUT2D eigenvalue weighted by Crippen LogP contribution is -1.92. The number of ether oxygens (including phenoxy) is 2. The van der Waals surface area contributed by atoms with Crippen LogP contribution in [0.5, 0.6) is 11.5 Å². The van der Waals surface area contributed by atoms with E-state index in [0.29, 0.717) is 12.7 Å². The molecule has 0 spiro atoms. The Labute approximate surface area is 102 Å². The predicted molar refractivity (Wildman–Crippen MR) is 63.2 cm³/mol. The molecule has 0 radical (unpaired) electrons. The minimum atomic E-state index is 0.295. The van der Waals surface area contributed by atoms with Gasteiger partial charge in [-0.1, -0.05) is 0 Å². The van der Waals surface area contributed by atoms with Crippen LogP contribution < -0.4 is 9.47 Å². The number of benzene rings is 1. The highest BCUT2D eigenvalue weighted by molar-refractivity contribution is 7.13. The Hall–Kier alpha value is -1.26. The molecule has 0 atom stereocenters. The topological polar surface area (TPSA) is 31.4 Å². The molecule has 1 aliphatic rings. The maximum Gasteiger partial charge on any atom is 0.231 e. The van der Waals surface area contributed by atoms with Crippen molar-refractivity contribution in [1.29, 1.82) is 0 Å². The van der Waals surface area contributed by atoms with Crippen molar-refractivity contribution >= 4 is 22.9 Å². The number of hydrogen-bond donors (Lipinski definition) is 0. The first-order valence-corrected chi connectivity index (χ1v) is 6.18. The van der Waals surface area contributed by atoms with Crippen molar-refractivity contribution in [3.8, 4) is 22.1 Å². The Bertz CT molecular complexity index is 526. The average molecular weight is 254 g/mol. The lowest BCUT2D eigenvalue weighted by molar-refractivity contribution is 0.174. The van der Waals surface area contributed by atoms with Crippen molar-refractivity contribution in [2.45, 2.75) is 5.88 Å². The van der Waals surface area contributed by atoms with E-state index in [2.05, 4.69) is 4.98 Å². The van der Waals surface area contributed by atoms with Gasteiger partial charge in [0.2, 0.25) is 6.79 Å². The molecule has 1 aromatic heterocycles. The van der Waals surface area contributed by atoms with Crippen LogP contribution in [0.15, 0.2) is 23.6 Å². The zero-order chi connectivity index (χ0) is 11.0. The van der Waals surface area contributed by atoms with Crippen LogP contribution in [-0.4, -0.2) is 11.8 Å². The van der Waals surface area contributed by atoms with Crippen LogP contribution in [0.25, 0.3) is 10.6 Å². The molecule has 82 valence electrons. The summed E-state index contributed by atoms with van der Waals surface area (Å²) in [5.74, 6) is 2.01. The zero-order valence-electron chi connectivity index (χ0n) is 8.27. The SMILES string of the molecule is ClCc1csc(-c2ccc3c(c2)OCO3)n1. The van der Waals surface area contributed by atoms with Gasteiger partial charge in [0.15, 0.2) is 11.5 Å². The summed E-state index contributed by atoms with van der Waals surface area (Å²) in [6, 6.07) is 5.82. The molecule has 0 saturated carbocycles. The van der Waals surface area contributed by atoms with Crippen molar-refractivity contribution in [1.82, 2.24) is 4.98 Å². The van der Waals surface area contributed by atoms with E-state index in [9.17, 15) is 0 Å². The van der Waals surface area contributed by atoms with E-state index in [1.165, 1.54) is 0 Å². The van der Waals surface area contributed by atoms with Crippen molar-refractivity contribution in [3.05, 3.63) is 29.3 Å². The molecule has 1 aliphatic heterocycles. The van der Waals surface area contributed by atoms with Gasteiger partial charge in [-0.3, -0.25) is 0 Å². The minimum Gasteiger partial charge on any atom is -0.454 e. The first-order chi connectivity index (χ1) is 7.86. The summed E-state index contributed by atoms with van der Waals surface area (Å²) in [5, 5.41) is 2.92. The van der Waals surface area contributed by atoms with Crippen molar-refractivity contribution in [2.75, 3.05) is 6.79 Å². The highest BCUT2D eigenvalue weighted by atomic mass is 35.5. The lowest BCUT2D eigenvalue weighted by Gasteiger charge is -1.98. The number of alkyl halides is 1. The van der Waals surface area contributed by atoms with Crippen LogP contribution in [0.3, 0.4) is 0 Å². The van der Waals surface area contributed by atoms with Gasteiger partial charge in [-0.15, -0.1) is 22.9 Å². The minimum absolute atomic E-state index is 0.295. The fourth-order valence-electron chi connectivity index (χ4n) is 1.53. The molecular weight excluding hydrogens is 246 g/mol. The largest absolute Gasteiger partial charge is 0.454 e. The summed E-state index contributed by atoms with van der Waals surface area (Å²) >= 11 is 7.30. The number of rotatable bonds is 2. The van der Waals surface area contributed by atoms with Crippen molar-refractivity contribution < 1.29 is 9.47 Å². The summed E-state index contributed by atoms with van der Waals surface area (Å²) < 4.78 is 10.6. The van der Waals surface area contributed by atoms with Gasteiger partial charge in [-0.25, -0.2) is 4.98 Å². The molecule has 2 heterocycles. The second kappa shape index (κ2) is 3.96. The normalized spacial score (nSPS) is 13.1. The quantitative estimate of drug-likeness (QED) is 0.770. The Morgan fingerprint density at radius 1 is 1.31 bits per heavy atom. The van der Waals surface area contributed by atoms with E-state index in [1.54, 1.807) is 11.3 Å². The van der Waals surface area contributed by atoms with Crippen LogP contribution in [0.4, 0.5) is 0 Å². The Balaban J connectivity index is 2.00. The molecule has 0 aliphatic carbocycles. The molecule has 3 rings (SSSR count). The second-order valence-electron chi connectivity index (χ2n) is 3.35. The van der Waals surface area contributed by atoms with Gasteiger partial charge >= 0.3 is 0 Å². The van der Waals surface area contributed by atoms with Gasteiger partial charge in [0.1, 0.15) is 5.01 Å². The first-order valence-electron chi connectivity index (χ1n) is 4.77. The van der Waals surface area contributed by atoms with Crippen molar-refractivity contribution in [3.63, 3.8) is 0 Å². The third kappa shape index (κ3) is 1.64. The number of fused-ring (bicyclic) bond motifs is 1. The Morgan fingerprint density at radius 3 is 3.00 bits per heavy atom. The number of aromatic nitrogens is 1. The average Bonchev–Trinajstić information content (AvgIpc) is 2.96. The summed E-state index contributed by atoms with van der Waals surface area (Å²) in [5.41, 5.74) is 1.94. The van der Waals surface area contributed by atoms with Crippen LogP contribution in [-0.2, 0) is 5.88 Å². The molecule has 0 fully saturated rings. The van der Waals surface area contributed by atoms with Gasteiger partial charge in [0.05, 0.1) is 11.6 Å². The number of thiazole rings is 1. The number of hydrogen-bond acceptors (Lipinski definition) is 4. The van der Waals surface area contributed by atoms with Crippen LogP contribution >= 0.6 is 22.9 Å². The third-order valence-electron chi connectivity index (χ3n) is 2.31. The number of nitrogens with zero attached hydrogens (tertiary/aromatic N) is 1. The van der Waals surface area contributed by atoms with E-state index in [1.807, 2.05) is 23.6 Å². The molecule has 0 amide bonds. The molecule has 1 aromatic carbocycles. The molecule has 0 unspecified atom stereocenters. The van der Waals surface area contributed by atoms with E-state index >= 15 is 0 Å². The standard InChI is InChI=1S/C11H8ClNO2S/c12-4-8-5-16-11(13-8)7-1-2-9-10(3-7)15-6-14-9/h1-3,5H,4,6H2. The van der Waals surface area contributed by atoms with E-state index in [0.717, 1.165) is 27.8 Å². The molecule has 2 aromatic rings. The zero-order valence-corrected chi connectivity index (χ0v) is 9.85. The molecular formula is C11H8ClNO2S. The highest BCUT2D eigenvalue weighted by Crippen LogP contribution is 2.36. The molecule has 3 nitrogen and oxygen atoms in total. The maximum atomic E-state index is 5.72. The molecule has 16 heavy (non-hydrogen) atoms. The van der Waals surface area contributed by atoms with Gasteiger partial charge in [-0.2, -0.15) is 0 Å². The fraction of sp³-hybridized carbons (Fsp3) is 0.182. The third-order valence-corrected chi connectivity index (χ3v) is 3.52. The summed E-state index contributed by atoms with van der Waals surface area (Å²) in [7, 11) is 0. The molecule has 0 bridgehead atoms. The number of halogens is 1. The molecule has 0 saturated heterocycles.